The minimum atomic E-state index is -0.610. The highest BCUT2D eigenvalue weighted by atomic mass is 19.1. The largest absolute Gasteiger partial charge is 0.349 e. The molecule has 0 aromatic heterocycles. The summed E-state index contributed by atoms with van der Waals surface area (Å²) in [5.74, 6) is -1.56. The number of anilines is 1. The Kier molecular flexibility index (Phi) is 4.34. The number of fused-ring (bicyclic) bond motifs is 1. The standard InChI is InChI=1S/C19H19FN2O2/c1-11-5-3-4-6-14(11)12(2)21-19(24)16-10-18(23)22-17-9-13(20)7-8-15(16)17/h3-9,12,16H,10H2,1-2H3,(H,21,24)(H,22,23). The van der Waals surface area contributed by atoms with E-state index in [9.17, 15) is 14.0 Å². The maximum atomic E-state index is 13.4. The van der Waals surface area contributed by atoms with E-state index in [0.717, 1.165) is 11.1 Å². The lowest BCUT2D eigenvalue weighted by Crippen LogP contribution is -2.36. The van der Waals surface area contributed by atoms with Crippen LogP contribution in [0.1, 0.15) is 42.0 Å². The Morgan fingerprint density at radius 2 is 2.04 bits per heavy atom. The van der Waals surface area contributed by atoms with Gasteiger partial charge in [-0.1, -0.05) is 30.3 Å². The Bertz CT molecular complexity index is 804. The topological polar surface area (TPSA) is 58.2 Å². The van der Waals surface area contributed by atoms with Crippen molar-refractivity contribution in [1.29, 1.82) is 0 Å². The first-order valence-electron chi connectivity index (χ1n) is 7.91. The molecule has 0 fully saturated rings. The number of halogens is 1. The Labute approximate surface area is 140 Å². The Balaban J connectivity index is 1.83. The van der Waals surface area contributed by atoms with Gasteiger partial charge in [-0.3, -0.25) is 9.59 Å². The highest BCUT2D eigenvalue weighted by molar-refractivity contribution is 6.01. The first-order chi connectivity index (χ1) is 11.5. The molecular weight excluding hydrogens is 307 g/mol. The number of benzene rings is 2. The summed E-state index contributed by atoms with van der Waals surface area (Å²) in [6, 6.07) is 11.8. The third-order valence-corrected chi connectivity index (χ3v) is 4.38. The van der Waals surface area contributed by atoms with Crippen LogP contribution in [0.5, 0.6) is 0 Å². The van der Waals surface area contributed by atoms with Crippen LogP contribution >= 0.6 is 0 Å². The van der Waals surface area contributed by atoms with Gasteiger partial charge in [-0.25, -0.2) is 4.39 Å². The molecule has 0 saturated carbocycles. The molecule has 5 heteroatoms. The van der Waals surface area contributed by atoms with Crippen molar-refractivity contribution in [1.82, 2.24) is 5.32 Å². The molecule has 0 spiro atoms. The lowest BCUT2D eigenvalue weighted by molar-refractivity contribution is -0.126. The normalized spacial score (nSPS) is 17.6. The summed E-state index contributed by atoms with van der Waals surface area (Å²) in [5, 5.41) is 5.59. The van der Waals surface area contributed by atoms with Crippen molar-refractivity contribution in [3.63, 3.8) is 0 Å². The molecule has 2 aromatic rings. The van der Waals surface area contributed by atoms with Gasteiger partial charge in [-0.2, -0.15) is 0 Å². The van der Waals surface area contributed by atoms with E-state index in [0.29, 0.717) is 11.3 Å². The number of hydrogen-bond donors (Lipinski definition) is 2. The van der Waals surface area contributed by atoms with Crippen molar-refractivity contribution in [3.05, 3.63) is 65.0 Å². The molecule has 4 nitrogen and oxygen atoms in total. The predicted molar refractivity (Wildman–Crippen MR) is 90.1 cm³/mol. The average Bonchev–Trinajstić information content (AvgIpc) is 2.53. The van der Waals surface area contributed by atoms with Gasteiger partial charge in [0.1, 0.15) is 5.82 Å². The zero-order chi connectivity index (χ0) is 17.3. The molecule has 2 aromatic carbocycles. The number of aryl methyl sites for hydroxylation is 1. The van der Waals surface area contributed by atoms with Gasteiger partial charge in [0.15, 0.2) is 0 Å². The van der Waals surface area contributed by atoms with Crippen LogP contribution in [0.2, 0.25) is 0 Å². The van der Waals surface area contributed by atoms with Crippen LogP contribution in [-0.4, -0.2) is 11.8 Å². The second-order valence-corrected chi connectivity index (χ2v) is 6.12. The number of hydrogen-bond acceptors (Lipinski definition) is 2. The average molecular weight is 326 g/mol. The zero-order valence-corrected chi connectivity index (χ0v) is 13.6. The molecule has 2 atom stereocenters. The van der Waals surface area contributed by atoms with Gasteiger partial charge in [0, 0.05) is 12.1 Å². The summed E-state index contributed by atoms with van der Waals surface area (Å²) in [6.45, 7) is 3.90. The van der Waals surface area contributed by atoms with Crippen LogP contribution in [0.25, 0.3) is 0 Å². The summed E-state index contributed by atoms with van der Waals surface area (Å²) < 4.78 is 13.4. The van der Waals surface area contributed by atoms with Gasteiger partial charge < -0.3 is 10.6 Å². The van der Waals surface area contributed by atoms with E-state index in [2.05, 4.69) is 10.6 Å². The number of carbonyl (C=O) groups is 2. The van der Waals surface area contributed by atoms with Crippen molar-refractivity contribution in [3.8, 4) is 0 Å². The third kappa shape index (κ3) is 3.15. The first kappa shape index (κ1) is 16.2. The lowest BCUT2D eigenvalue weighted by atomic mass is 9.89. The summed E-state index contributed by atoms with van der Waals surface area (Å²) >= 11 is 0. The van der Waals surface area contributed by atoms with Gasteiger partial charge in [0.25, 0.3) is 0 Å². The Morgan fingerprint density at radius 3 is 2.79 bits per heavy atom. The van der Waals surface area contributed by atoms with E-state index >= 15 is 0 Å². The van der Waals surface area contributed by atoms with Crippen LogP contribution in [0.4, 0.5) is 10.1 Å². The summed E-state index contributed by atoms with van der Waals surface area (Å²) in [5.41, 5.74) is 3.14. The molecule has 124 valence electrons. The minimum Gasteiger partial charge on any atom is -0.349 e. The van der Waals surface area contributed by atoms with Crippen LogP contribution in [0, 0.1) is 12.7 Å². The fourth-order valence-electron chi connectivity index (χ4n) is 3.14. The molecular formula is C19H19FN2O2. The molecule has 2 N–H and O–H groups in total. The van der Waals surface area contributed by atoms with E-state index in [1.807, 2.05) is 38.1 Å². The zero-order valence-electron chi connectivity index (χ0n) is 13.6. The van der Waals surface area contributed by atoms with E-state index < -0.39 is 11.7 Å². The molecule has 2 unspecified atom stereocenters. The summed E-state index contributed by atoms with van der Waals surface area (Å²) in [4.78, 5) is 24.5. The molecule has 1 aliphatic heterocycles. The van der Waals surface area contributed by atoms with Crippen LogP contribution in [0.3, 0.4) is 0 Å². The SMILES string of the molecule is Cc1ccccc1C(C)NC(=O)C1CC(=O)Nc2cc(F)ccc21. The molecule has 0 saturated heterocycles. The molecule has 0 bridgehead atoms. The van der Waals surface area contributed by atoms with Crippen molar-refractivity contribution in [2.24, 2.45) is 0 Å². The maximum absolute atomic E-state index is 13.4. The first-order valence-corrected chi connectivity index (χ1v) is 7.91. The quantitative estimate of drug-likeness (QED) is 0.908. The predicted octanol–water partition coefficient (Wildman–Crippen LogP) is 3.44. The molecule has 1 heterocycles. The molecule has 0 aliphatic carbocycles. The van der Waals surface area contributed by atoms with Crippen LogP contribution < -0.4 is 10.6 Å². The van der Waals surface area contributed by atoms with Gasteiger partial charge in [-0.15, -0.1) is 0 Å². The van der Waals surface area contributed by atoms with E-state index in [1.165, 1.54) is 12.1 Å². The Hall–Kier alpha value is -2.69. The summed E-state index contributed by atoms with van der Waals surface area (Å²) in [7, 11) is 0. The van der Waals surface area contributed by atoms with E-state index in [-0.39, 0.29) is 24.3 Å². The van der Waals surface area contributed by atoms with E-state index in [1.54, 1.807) is 6.07 Å². The lowest BCUT2D eigenvalue weighted by Gasteiger charge is -2.26. The number of carbonyl (C=O) groups excluding carboxylic acids is 2. The fourth-order valence-corrected chi connectivity index (χ4v) is 3.14. The van der Waals surface area contributed by atoms with Gasteiger partial charge in [-0.05, 0) is 42.7 Å². The molecule has 3 rings (SSSR count). The molecule has 2 amide bonds. The summed E-state index contributed by atoms with van der Waals surface area (Å²) in [6.07, 6.45) is 0.0605. The second-order valence-electron chi connectivity index (χ2n) is 6.12. The maximum Gasteiger partial charge on any atom is 0.228 e. The van der Waals surface area contributed by atoms with Gasteiger partial charge >= 0.3 is 0 Å². The Morgan fingerprint density at radius 1 is 1.29 bits per heavy atom. The fraction of sp³-hybridized carbons (Fsp3) is 0.263. The van der Waals surface area contributed by atoms with Crippen molar-refractivity contribution >= 4 is 17.5 Å². The van der Waals surface area contributed by atoms with Crippen molar-refractivity contribution in [2.75, 3.05) is 5.32 Å². The third-order valence-electron chi connectivity index (χ3n) is 4.38. The van der Waals surface area contributed by atoms with Crippen molar-refractivity contribution < 1.29 is 14.0 Å². The minimum absolute atomic E-state index is 0.0605. The molecule has 0 radical (unpaired) electrons. The number of nitrogens with one attached hydrogen (secondary N) is 2. The highest BCUT2D eigenvalue weighted by Gasteiger charge is 2.31. The van der Waals surface area contributed by atoms with Crippen LogP contribution in [-0.2, 0) is 9.59 Å². The molecule has 24 heavy (non-hydrogen) atoms. The highest BCUT2D eigenvalue weighted by Crippen LogP contribution is 2.33. The van der Waals surface area contributed by atoms with Crippen LogP contribution in [0.15, 0.2) is 42.5 Å². The smallest absolute Gasteiger partial charge is 0.228 e. The number of amides is 2. The van der Waals surface area contributed by atoms with Gasteiger partial charge in [0.05, 0.1) is 12.0 Å². The molecule has 1 aliphatic rings. The number of rotatable bonds is 3. The van der Waals surface area contributed by atoms with Crippen molar-refractivity contribution in [2.45, 2.75) is 32.2 Å². The van der Waals surface area contributed by atoms with Gasteiger partial charge in [0.2, 0.25) is 11.8 Å². The van der Waals surface area contributed by atoms with E-state index in [4.69, 9.17) is 0 Å². The second kappa shape index (κ2) is 6.43. The monoisotopic (exact) mass is 326 g/mol.